The lowest BCUT2D eigenvalue weighted by Gasteiger charge is -2.39. The first-order valence-corrected chi connectivity index (χ1v) is 11.5. The lowest BCUT2D eigenvalue weighted by Crippen LogP contribution is -2.44. The number of piperidine rings is 1. The van der Waals surface area contributed by atoms with Gasteiger partial charge in [-0.2, -0.15) is 0 Å². The molecular formula is C24H39N3O2. The number of likely N-dealkylation sites (tertiary alicyclic amines) is 1. The minimum Gasteiger partial charge on any atom is -0.443 e. The Hall–Kier alpha value is -1.62. The van der Waals surface area contributed by atoms with Gasteiger partial charge in [-0.25, -0.2) is 9.78 Å². The third-order valence-corrected chi connectivity index (χ3v) is 5.90. The summed E-state index contributed by atoms with van der Waals surface area (Å²) in [6.07, 6.45) is 9.53. The fourth-order valence-electron chi connectivity index (χ4n) is 4.78. The number of amides is 1. The van der Waals surface area contributed by atoms with Crippen molar-refractivity contribution in [2.24, 2.45) is 5.92 Å². The maximum absolute atomic E-state index is 13.3. The van der Waals surface area contributed by atoms with Crippen LogP contribution in [0.5, 0.6) is 0 Å². The van der Waals surface area contributed by atoms with Gasteiger partial charge in [0.05, 0.1) is 0 Å². The summed E-state index contributed by atoms with van der Waals surface area (Å²) in [5, 5.41) is 0. The molecule has 0 radical (unpaired) electrons. The summed E-state index contributed by atoms with van der Waals surface area (Å²) in [5.41, 5.74) is 0.669. The normalized spacial score (nSPS) is 21.5. The zero-order valence-corrected chi connectivity index (χ0v) is 19.0. The van der Waals surface area contributed by atoms with Crippen molar-refractivity contribution >= 4 is 11.9 Å². The Labute approximate surface area is 176 Å². The highest BCUT2D eigenvalue weighted by Crippen LogP contribution is 2.38. The van der Waals surface area contributed by atoms with Crippen LogP contribution in [0.15, 0.2) is 18.3 Å². The number of hydrogen-bond acceptors (Lipinski definition) is 4. The first-order chi connectivity index (χ1) is 13.8. The quantitative estimate of drug-likeness (QED) is 0.612. The lowest BCUT2D eigenvalue weighted by atomic mass is 9.94. The molecule has 1 aliphatic heterocycles. The van der Waals surface area contributed by atoms with Gasteiger partial charge in [-0.05, 0) is 65.0 Å². The van der Waals surface area contributed by atoms with Gasteiger partial charge in [-0.15, -0.1) is 0 Å². The van der Waals surface area contributed by atoms with Gasteiger partial charge in [0.25, 0.3) is 0 Å². The van der Waals surface area contributed by atoms with Crippen LogP contribution in [0.25, 0.3) is 0 Å². The number of hydrogen-bond donors (Lipinski definition) is 0. The van der Waals surface area contributed by atoms with Gasteiger partial charge in [0.2, 0.25) is 0 Å². The molecule has 29 heavy (non-hydrogen) atoms. The van der Waals surface area contributed by atoms with Crippen LogP contribution in [0.1, 0.15) is 91.2 Å². The van der Waals surface area contributed by atoms with Gasteiger partial charge in [0.15, 0.2) is 0 Å². The average Bonchev–Trinajstić information content (AvgIpc) is 3.15. The first kappa shape index (κ1) is 22.1. The minimum absolute atomic E-state index is 0.181. The van der Waals surface area contributed by atoms with Crippen molar-refractivity contribution in [2.45, 2.75) is 97.2 Å². The van der Waals surface area contributed by atoms with Gasteiger partial charge >= 0.3 is 6.09 Å². The molecule has 2 heterocycles. The molecule has 5 heteroatoms. The molecule has 1 saturated heterocycles. The number of ether oxygens (including phenoxy) is 1. The molecule has 2 fully saturated rings. The number of carbonyl (C=O) groups is 1. The fourth-order valence-corrected chi connectivity index (χ4v) is 4.78. The van der Waals surface area contributed by atoms with Crippen LogP contribution in [-0.2, 0) is 4.74 Å². The Morgan fingerprint density at radius 3 is 2.55 bits per heavy atom. The highest BCUT2D eigenvalue weighted by atomic mass is 16.6. The predicted molar refractivity (Wildman–Crippen MR) is 118 cm³/mol. The molecule has 1 amide bonds. The van der Waals surface area contributed by atoms with E-state index < -0.39 is 5.60 Å². The van der Waals surface area contributed by atoms with E-state index in [9.17, 15) is 4.79 Å². The maximum Gasteiger partial charge on any atom is 0.416 e. The topological polar surface area (TPSA) is 45.7 Å². The molecule has 0 N–H and O–H groups in total. The number of aromatic nitrogens is 1. The molecule has 1 aromatic heterocycles. The van der Waals surface area contributed by atoms with E-state index in [2.05, 4.69) is 24.8 Å². The van der Waals surface area contributed by atoms with E-state index in [1.807, 2.05) is 37.9 Å². The summed E-state index contributed by atoms with van der Waals surface area (Å²) < 4.78 is 5.83. The Morgan fingerprint density at radius 1 is 1.21 bits per heavy atom. The fraction of sp³-hybridized carbons (Fsp3) is 0.750. The van der Waals surface area contributed by atoms with Gasteiger partial charge in [0, 0.05) is 30.4 Å². The molecule has 0 spiro atoms. The molecule has 0 aromatic carbocycles. The number of nitrogens with zero attached hydrogens (tertiary/aromatic N) is 3. The number of anilines is 1. The molecule has 0 bridgehead atoms. The van der Waals surface area contributed by atoms with E-state index in [1.165, 1.54) is 18.4 Å². The van der Waals surface area contributed by atoms with Crippen LogP contribution in [-0.4, -0.2) is 40.7 Å². The van der Waals surface area contributed by atoms with Crippen molar-refractivity contribution in [2.75, 3.05) is 18.0 Å². The minimum atomic E-state index is -0.516. The Kier molecular flexibility index (Phi) is 7.20. The second-order valence-corrected chi connectivity index (χ2v) is 10.1. The molecule has 1 saturated carbocycles. The summed E-state index contributed by atoms with van der Waals surface area (Å²) in [7, 11) is 0. The molecule has 0 unspecified atom stereocenters. The SMILES string of the molecule is CC(C)CN1CCCC[C@@H]1c1cccnc1N(C(=O)OC(C)(C)C)C1CCCC1. The van der Waals surface area contributed by atoms with Crippen molar-refractivity contribution in [3.8, 4) is 0 Å². The number of rotatable bonds is 5. The van der Waals surface area contributed by atoms with E-state index in [0.29, 0.717) is 12.0 Å². The average molecular weight is 402 g/mol. The van der Waals surface area contributed by atoms with Gasteiger partial charge in [0.1, 0.15) is 11.4 Å². The smallest absolute Gasteiger partial charge is 0.416 e. The Morgan fingerprint density at radius 2 is 1.90 bits per heavy atom. The van der Waals surface area contributed by atoms with Crippen molar-refractivity contribution in [3.63, 3.8) is 0 Å². The zero-order chi connectivity index (χ0) is 21.0. The van der Waals surface area contributed by atoms with Gasteiger partial charge in [-0.1, -0.05) is 39.2 Å². The summed E-state index contributed by atoms with van der Waals surface area (Å²) in [5.74, 6) is 1.43. The van der Waals surface area contributed by atoms with E-state index in [1.54, 1.807) is 0 Å². The van der Waals surface area contributed by atoms with E-state index >= 15 is 0 Å². The largest absolute Gasteiger partial charge is 0.443 e. The molecule has 1 atom stereocenters. The summed E-state index contributed by atoms with van der Waals surface area (Å²) in [6.45, 7) is 12.6. The number of pyridine rings is 1. The van der Waals surface area contributed by atoms with Gasteiger partial charge in [-0.3, -0.25) is 9.80 Å². The lowest BCUT2D eigenvalue weighted by molar-refractivity contribution is 0.0563. The highest BCUT2D eigenvalue weighted by Gasteiger charge is 2.36. The molecule has 3 rings (SSSR count). The van der Waals surface area contributed by atoms with Crippen LogP contribution >= 0.6 is 0 Å². The van der Waals surface area contributed by atoms with Crippen molar-refractivity contribution in [3.05, 3.63) is 23.9 Å². The van der Waals surface area contributed by atoms with E-state index in [-0.39, 0.29) is 12.1 Å². The predicted octanol–water partition coefficient (Wildman–Crippen LogP) is 5.95. The van der Waals surface area contributed by atoms with Crippen molar-refractivity contribution in [1.29, 1.82) is 0 Å². The molecular weight excluding hydrogens is 362 g/mol. The van der Waals surface area contributed by atoms with Crippen LogP contribution in [0, 0.1) is 5.92 Å². The van der Waals surface area contributed by atoms with E-state index in [0.717, 1.165) is 51.0 Å². The summed E-state index contributed by atoms with van der Waals surface area (Å²) in [4.78, 5) is 22.5. The summed E-state index contributed by atoms with van der Waals surface area (Å²) >= 11 is 0. The van der Waals surface area contributed by atoms with E-state index in [4.69, 9.17) is 9.72 Å². The Balaban J connectivity index is 1.97. The molecule has 5 nitrogen and oxygen atoms in total. The number of carbonyl (C=O) groups excluding carboxylic acids is 1. The zero-order valence-electron chi connectivity index (χ0n) is 19.0. The molecule has 1 aromatic rings. The third kappa shape index (κ3) is 5.71. The standard InChI is InChI=1S/C24H39N3O2/c1-18(2)17-26-16-9-8-14-21(26)20-13-10-15-25-22(20)27(19-11-6-7-12-19)23(28)29-24(3,4)5/h10,13,15,18-19,21H,6-9,11-12,14,16-17H2,1-5H3/t21-/m1/s1. The van der Waals surface area contributed by atoms with Crippen LogP contribution in [0.3, 0.4) is 0 Å². The molecule has 2 aliphatic rings. The second-order valence-electron chi connectivity index (χ2n) is 10.1. The third-order valence-electron chi connectivity index (χ3n) is 5.90. The first-order valence-electron chi connectivity index (χ1n) is 11.5. The van der Waals surface area contributed by atoms with Crippen molar-refractivity contribution < 1.29 is 9.53 Å². The highest BCUT2D eigenvalue weighted by molar-refractivity contribution is 5.88. The van der Waals surface area contributed by atoms with Crippen LogP contribution in [0.4, 0.5) is 10.6 Å². The Bertz CT molecular complexity index is 677. The maximum atomic E-state index is 13.3. The van der Waals surface area contributed by atoms with Crippen LogP contribution in [0.2, 0.25) is 0 Å². The van der Waals surface area contributed by atoms with Gasteiger partial charge < -0.3 is 4.74 Å². The molecule has 162 valence electrons. The molecule has 1 aliphatic carbocycles. The van der Waals surface area contributed by atoms with Crippen LogP contribution < -0.4 is 4.90 Å². The monoisotopic (exact) mass is 401 g/mol. The van der Waals surface area contributed by atoms with Crippen molar-refractivity contribution in [1.82, 2.24) is 9.88 Å². The summed E-state index contributed by atoms with van der Waals surface area (Å²) in [6, 6.07) is 4.70. The second kappa shape index (κ2) is 9.46.